The Bertz CT molecular complexity index is 872. The van der Waals surface area contributed by atoms with Crippen molar-refractivity contribution in [3.8, 4) is 5.75 Å². The Kier molecular flexibility index (Phi) is 5.01. The second kappa shape index (κ2) is 7.21. The lowest BCUT2D eigenvalue weighted by molar-refractivity contribution is 0.0552. The molecular weight excluding hydrogens is 336 g/mol. The van der Waals surface area contributed by atoms with Crippen molar-refractivity contribution in [2.24, 2.45) is 0 Å². The normalized spacial score (nSPS) is 13.4. The zero-order chi connectivity index (χ0) is 17.9. The molecule has 0 aliphatic carbocycles. The summed E-state index contributed by atoms with van der Waals surface area (Å²) in [5.74, 6) is 0.570. The van der Waals surface area contributed by atoms with Gasteiger partial charge in [0.2, 0.25) is 0 Å². The summed E-state index contributed by atoms with van der Waals surface area (Å²) in [7, 11) is 1.62. The van der Waals surface area contributed by atoms with Crippen LogP contribution in [-0.2, 0) is 6.42 Å². The van der Waals surface area contributed by atoms with Gasteiger partial charge in [-0.2, -0.15) is 0 Å². The van der Waals surface area contributed by atoms with Crippen LogP contribution in [0.4, 0.5) is 0 Å². The van der Waals surface area contributed by atoms with Crippen molar-refractivity contribution < 1.29 is 14.6 Å². The molecule has 0 saturated heterocycles. The molecule has 130 valence electrons. The number of hydrogen-bond donors (Lipinski definition) is 2. The van der Waals surface area contributed by atoms with E-state index in [0.717, 1.165) is 21.5 Å². The summed E-state index contributed by atoms with van der Waals surface area (Å²) < 4.78 is 6.10. The molecule has 0 aliphatic heterocycles. The van der Waals surface area contributed by atoms with Crippen LogP contribution in [0.2, 0.25) is 0 Å². The average Bonchev–Trinajstić information content (AvgIpc) is 3.08. The van der Waals surface area contributed by atoms with Crippen LogP contribution in [0.3, 0.4) is 0 Å². The molecule has 25 heavy (non-hydrogen) atoms. The van der Waals surface area contributed by atoms with Crippen LogP contribution >= 0.6 is 11.3 Å². The van der Waals surface area contributed by atoms with E-state index in [0.29, 0.717) is 12.0 Å². The topological polar surface area (TPSA) is 71.5 Å². The summed E-state index contributed by atoms with van der Waals surface area (Å²) in [6.45, 7) is 1.88. The standard InChI is InChI=1S/C19H20N2O3S/c1-19(23,10-13-3-6-15(24-2)7-4-13)11-20-18(22)14-5-8-16-17(9-14)25-12-21-16/h3-9,12,23H,10-11H2,1-2H3,(H,20,22)/t19-/m0/s1. The van der Waals surface area contributed by atoms with E-state index in [1.165, 1.54) is 11.3 Å². The van der Waals surface area contributed by atoms with Crippen LogP contribution in [0.1, 0.15) is 22.8 Å². The number of carbonyl (C=O) groups excluding carboxylic acids is 1. The summed E-state index contributed by atoms with van der Waals surface area (Å²) >= 11 is 1.50. The summed E-state index contributed by atoms with van der Waals surface area (Å²) in [6.07, 6.45) is 0.436. The predicted molar refractivity (Wildman–Crippen MR) is 99.3 cm³/mol. The first-order valence-corrected chi connectivity index (χ1v) is 8.82. The van der Waals surface area contributed by atoms with Gasteiger partial charge < -0.3 is 15.2 Å². The minimum atomic E-state index is -1.04. The van der Waals surface area contributed by atoms with Gasteiger partial charge in [-0.3, -0.25) is 4.79 Å². The summed E-state index contributed by atoms with van der Waals surface area (Å²) in [6, 6.07) is 12.9. The van der Waals surface area contributed by atoms with Crippen molar-refractivity contribution in [2.75, 3.05) is 13.7 Å². The van der Waals surface area contributed by atoms with Crippen LogP contribution in [-0.4, -0.2) is 35.3 Å². The first kappa shape index (κ1) is 17.4. The molecule has 0 aliphatic rings. The van der Waals surface area contributed by atoms with Gasteiger partial charge in [-0.05, 0) is 42.8 Å². The van der Waals surface area contributed by atoms with E-state index >= 15 is 0 Å². The van der Waals surface area contributed by atoms with Crippen LogP contribution in [0.5, 0.6) is 5.75 Å². The minimum Gasteiger partial charge on any atom is -0.497 e. The van der Waals surface area contributed by atoms with Crippen LogP contribution in [0.15, 0.2) is 48.0 Å². The molecule has 1 aromatic heterocycles. The zero-order valence-electron chi connectivity index (χ0n) is 14.2. The molecule has 1 amide bonds. The van der Waals surface area contributed by atoms with Crippen molar-refractivity contribution in [3.63, 3.8) is 0 Å². The molecule has 1 heterocycles. The third-order valence-electron chi connectivity index (χ3n) is 3.97. The molecule has 2 aromatic carbocycles. The lowest BCUT2D eigenvalue weighted by atomic mass is 9.96. The summed E-state index contributed by atoms with van der Waals surface area (Å²) in [5, 5.41) is 13.4. The SMILES string of the molecule is COc1ccc(C[C@](C)(O)CNC(=O)c2ccc3ncsc3c2)cc1. The van der Waals surface area contributed by atoms with E-state index in [-0.39, 0.29) is 12.5 Å². The van der Waals surface area contributed by atoms with E-state index in [2.05, 4.69) is 10.3 Å². The highest BCUT2D eigenvalue weighted by atomic mass is 32.1. The molecule has 0 fully saturated rings. The van der Waals surface area contributed by atoms with Gasteiger partial charge in [0, 0.05) is 18.5 Å². The Hall–Kier alpha value is -2.44. The maximum Gasteiger partial charge on any atom is 0.251 e. The van der Waals surface area contributed by atoms with Gasteiger partial charge in [0.05, 0.1) is 28.4 Å². The minimum absolute atomic E-state index is 0.165. The second-order valence-electron chi connectivity index (χ2n) is 6.24. The molecule has 0 spiro atoms. The monoisotopic (exact) mass is 356 g/mol. The third-order valence-corrected chi connectivity index (χ3v) is 4.76. The Balaban J connectivity index is 1.61. The van der Waals surface area contributed by atoms with Crippen molar-refractivity contribution >= 4 is 27.5 Å². The number of methoxy groups -OCH3 is 1. The number of rotatable bonds is 6. The third kappa shape index (κ3) is 4.35. The van der Waals surface area contributed by atoms with Gasteiger partial charge in [-0.15, -0.1) is 11.3 Å². The van der Waals surface area contributed by atoms with E-state index in [1.807, 2.05) is 36.4 Å². The van der Waals surface area contributed by atoms with Crippen molar-refractivity contribution in [1.29, 1.82) is 0 Å². The number of nitrogens with one attached hydrogen (secondary N) is 1. The number of thiazole rings is 1. The van der Waals surface area contributed by atoms with Crippen molar-refractivity contribution in [2.45, 2.75) is 18.9 Å². The molecule has 0 radical (unpaired) electrons. The number of aliphatic hydroxyl groups is 1. The van der Waals surface area contributed by atoms with Gasteiger partial charge in [0.25, 0.3) is 5.91 Å². The highest BCUT2D eigenvalue weighted by molar-refractivity contribution is 7.16. The summed E-state index contributed by atoms with van der Waals surface area (Å²) in [5.41, 5.74) is 3.14. The number of hydrogen-bond acceptors (Lipinski definition) is 5. The first-order valence-electron chi connectivity index (χ1n) is 7.94. The molecule has 2 N–H and O–H groups in total. The number of ether oxygens (including phenoxy) is 1. The van der Waals surface area contributed by atoms with Crippen LogP contribution in [0, 0.1) is 0 Å². The largest absolute Gasteiger partial charge is 0.497 e. The number of benzene rings is 2. The number of nitrogens with zero attached hydrogens (tertiary/aromatic N) is 1. The fraction of sp³-hybridized carbons (Fsp3) is 0.263. The second-order valence-corrected chi connectivity index (χ2v) is 7.13. The van der Waals surface area contributed by atoms with Crippen LogP contribution in [0.25, 0.3) is 10.2 Å². The predicted octanol–water partition coefficient (Wildman–Crippen LogP) is 3.03. The quantitative estimate of drug-likeness (QED) is 0.712. The average molecular weight is 356 g/mol. The highest BCUT2D eigenvalue weighted by Crippen LogP contribution is 2.20. The fourth-order valence-electron chi connectivity index (χ4n) is 2.61. The lowest BCUT2D eigenvalue weighted by Crippen LogP contribution is -2.42. The molecule has 3 aromatic rings. The lowest BCUT2D eigenvalue weighted by Gasteiger charge is -2.24. The van der Waals surface area contributed by atoms with Gasteiger partial charge >= 0.3 is 0 Å². The van der Waals surface area contributed by atoms with Gasteiger partial charge in [0.1, 0.15) is 5.75 Å². The number of carbonyl (C=O) groups is 1. The first-order chi connectivity index (χ1) is 12.0. The molecule has 3 rings (SSSR count). The Labute approximate surface area is 150 Å². The maximum absolute atomic E-state index is 12.3. The molecule has 5 nitrogen and oxygen atoms in total. The molecule has 6 heteroatoms. The smallest absolute Gasteiger partial charge is 0.251 e. The van der Waals surface area contributed by atoms with Crippen molar-refractivity contribution in [1.82, 2.24) is 10.3 Å². The molecule has 0 saturated carbocycles. The molecule has 0 bridgehead atoms. The van der Waals surface area contributed by atoms with Crippen molar-refractivity contribution in [3.05, 3.63) is 59.1 Å². The molecule has 0 unspecified atom stereocenters. The van der Waals surface area contributed by atoms with Gasteiger partial charge in [-0.25, -0.2) is 4.98 Å². The number of amides is 1. The highest BCUT2D eigenvalue weighted by Gasteiger charge is 2.22. The van der Waals surface area contributed by atoms with E-state index in [4.69, 9.17) is 4.74 Å². The Morgan fingerprint density at radius 2 is 2.04 bits per heavy atom. The van der Waals surface area contributed by atoms with E-state index < -0.39 is 5.60 Å². The Morgan fingerprint density at radius 3 is 2.76 bits per heavy atom. The number of aromatic nitrogens is 1. The fourth-order valence-corrected chi connectivity index (χ4v) is 3.33. The van der Waals surface area contributed by atoms with Gasteiger partial charge in [0.15, 0.2) is 0 Å². The van der Waals surface area contributed by atoms with E-state index in [1.54, 1.807) is 25.6 Å². The summed E-state index contributed by atoms with van der Waals surface area (Å²) in [4.78, 5) is 16.5. The maximum atomic E-state index is 12.3. The Morgan fingerprint density at radius 1 is 1.28 bits per heavy atom. The van der Waals surface area contributed by atoms with Gasteiger partial charge in [-0.1, -0.05) is 12.1 Å². The molecule has 1 atom stereocenters. The number of fused-ring (bicyclic) bond motifs is 1. The van der Waals surface area contributed by atoms with E-state index in [9.17, 15) is 9.90 Å². The molecular formula is C19H20N2O3S. The zero-order valence-corrected chi connectivity index (χ0v) is 15.0. The van der Waals surface area contributed by atoms with Crippen LogP contribution < -0.4 is 10.1 Å².